The number of benzene rings is 4. The molecule has 3 unspecified atom stereocenters. The smallest absolute Gasteiger partial charge is 0.133 e. The summed E-state index contributed by atoms with van der Waals surface area (Å²) >= 11 is 1.43. The fraction of sp³-hybridized carbons (Fsp3) is 0.184. The van der Waals surface area contributed by atoms with Crippen LogP contribution in [0, 0.1) is 11.3 Å². The SMILES string of the molecule is N=C(SC(N)C1=CCC(C2=CC(c3ccc4c(c3)C3(C5=C4C=CCC5)c4ccccc4-c4ccccc43)N=C(c3ccccc3)N2)C=C1)C1=CCCC=C1. The number of nitrogens with two attached hydrogens (primary N) is 1. The number of aliphatic imine (C=N–C) groups is 1. The van der Waals surface area contributed by atoms with Crippen molar-refractivity contribution in [1.82, 2.24) is 5.32 Å². The first-order valence-electron chi connectivity index (χ1n) is 19.2. The normalized spacial score (nSPS) is 21.9. The van der Waals surface area contributed by atoms with E-state index in [-0.39, 0.29) is 22.7 Å². The van der Waals surface area contributed by atoms with Gasteiger partial charge in [0.15, 0.2) is 0 Å². The van der Waals surface area contributed by atoms with Gasteiger partial charge in [-0.05, 0) is 93.8 Å². The maximum atomic E-state index is 8.63. The fourth-order valence-corrected chi connectivity index (χ4v) is 10.3. The molecule has 54 heavy (non-hydrogen) atoms. The maximum absolute atomic E-state index is 8.63. The molecule has 0 amide bonds. The lowest BCUT2D eigenvalue weighted by Crippen LogP contribution is -2.32. The Balaban J connectivity index is 1.02. The van der Waals surface area contributed by atoms with E-state index in [4.69, 9.17) is 16.1 Å². The van der Waals surface area contributed by atoms with Crippen LogP contribution < -0.4 is 11.1 Å². The summed E-state index contributed by atoms with van der Waals surface area (Å²) in [4.78, 5) is 5.41. The largest absolute Gasteiger partial charge is 0.343 e. The van der Waals surface area contributed by atoms with E-state index in [0.29, 0.717) is 5.04 Å². The average Bonchev–Trinajstić information content (AvgIpc) is 3.71. The van der Waals surface area contributed by atoms with Gasteiger partial charge in [0, 0.05) is 22.8 Å². The van der Waals surface area contributed by atoms with Gasteiger partial charge in [-0.25, -0.2) is 0 Å². The van der Waals surface area contributed by atoms with E-state index in [2.05, 4.69) is 151 Å². The van der Waals surface area contributed by atoms with Crippen molar-refractivity contribution < 1.29 is 0 Å². The first-order valence-corrected chi connectivity index (χ1v) is 20.1. The topological polar surface area (TPSA) is 74.3 Å². The minimum atomic E-state index is -0.311. The number of fused-ring (bicyclic) bond motifs is 9. The van der Waals surface area contributed by atoms with Crippen molar-refractivity contribution in [3.05, 3.63) is 208 Å². The fourth-order valence-electron chi connectivity index (χ4n) is 9.42. The minimum absolute atomic E-state index is 0.152. The highest BCUT2D eigenvalue weighted by molar-refractivity contribution is 8.15. The van der Waals surface area contributed by atoms with Crippen LogP contribution in [0.25, 0.3) is 16.7 Å². The molecular weight excluding hydrogens is 677 g/mol. The minimum Gasteiger partial charge on any atom is -0.343 e. The van der Waals surface area contributed by atoms with Gasteiger partial charge in [-0.3, -0.25) is 10.4 Å². The molecule has 0 saturated heterocycles. The second kappa shape index (κ2) is 13.4. The van der Waals surface area contributed by atoms with Crippen molar-refractivity contribution in [2.45, 2.75) is 48.9 Å². The predicted molar refractivity (Wildman–Crippen MR) is 226 cm³/mol. The number of nitrogens with one attached hydrogen (secondary N) is 2. The van der Waals surface area contributed by atoms with Gasteiger partial charge in [0.1, 0.15) is 5.84 Å². The van der Waals surface area contributed by atoms with Gasteiger partial charge in [-0.1, -0.05) is 157 Å². The summed E-state index contributed by atoms with van der Waals surface area (Å²) in [6.45, 7) is 0. The first kappa shape index (κ1) is 33.1. The van der Waals surface area contributed by atoms with Crippen LogP contribution in [-0.2, 0) is 5.41 Å². The van der Waals surface area contributed by atoms with E-state index in [1.165, 1.54) is 61.9 Å². The van der Waals surface area contributed by atoms with Gasteiger partial charge in [-0.2, -0.15) is 0 Å². The summed E-state index contributed by atoms with van der Waals surface area (Å²) in [5, 5.41) is 12.6. The molecule has 4 aromatic rings. The van der Waals surface area contributed by atoms with E-state index in [1.807, 2.05) is 6.08 Å². The molecule has 5 heteroatoms. The molecule has 4 aromatic carbocycles. The predicted octanol–water partition coefficient (Wildman–Crippen LogP) is 10.9. The van der Waals surface area contributed by atoms with Crippen molar-refractivity contribution in [3.63, 3.8) is 0 Å². The van der Waals surface area contributed by atoms with E-state index < -0.39 is 0 Å². The molecule has 5 aliphatic carbocycles. The number of nitrogens with zero attached hydrogens (tertiary/aromatic N) is 1. The molecule has 1 spiro atoms. The molecule has 10 rings (SSSR count). The molecule has 1 heterocycles. The Morgan fingerprint density at radius 2 is 1.56 bits per heavy atom. The second-order valence-corrected chi connectivity index (χ2v) is 16.1. The number of hydrogen-bond acceptors (Lipinski definition) is 5. The molecule has 4 N–H and O–H groups in total. The Bertz CT molecular complexity index is 2430. The highest BCUT2D eigenvalue weighted by atomic mass is 32.2. The van der Waals surface area contributed by atoms with E-state index in [9.17, 15) is 0 Å². The summed E-state index contributed by atoms with van der Waals surface area (Å²) in [6, 6.07) is 35.6. The molecule has 0 saturated carbocycles. The molecule has 0 aromatic heterocycles. The van der Waals surface area contributed by atoms with Crippen molar-refractivity contribution >= 4 is 28.2 Å². The van der Waals surface area contributed by atoms with Crippen LogP contribution in [0.3, 0.4) is 0 Å². The quantitative estimate of drug-likeness (QED) is 0.106. The monoisotopic (exact) mass is 718 g/mol. The van der Waals surface area contributed by atoms with E-state index in [1.54, 1.807) is 0 Å². The van der Waals surface area contributed by atoms with Crippen molar-refractivity contribution in [3.8, 4) is 11.1 Å². The molecule has 1 aliphatic heterocycles. The maximum Gasteiger partial charge on any atom is 0.133 e. The zero-order valence-corrected chi connectivity index (χ0v) is 31.0. The van der Waals surface area contributed by atoms with Gasteiger partial charge in [0.2, 0.25) is 0 Å². The summed E-state index contributed by atoms with van der Waals surface area (Å²) in [6.07, 6.45) is 25.0. The highest BCUT2D eigenvalue weighted by Gasteiger charge is 2.52. The molecule has 4 nitrogen and oxygen atoms in total. The first-order chi connectivity index (χ1) is 26.6. The van der Waals surface area contributed by atoms with Crippen molar-refractivity contribution in [1.29, 1.82) is 5.41 Å². The van der Waals surface area contributed by atoms with Gasteiger partial charge in [0.25, 0.3) is 0 Å². The zero-order chi connectivity index (χ0) is 36.2. The molecule has 0 radical (unpaired) electrons. The second-order valence-electron chi connectivity index (χ2n) is 14.9. The molecule has 3 atom stereocenters. The number of thioether (sulfide) groups is 1. The number of hydrogen-bond donors (Lipinski definition) is 3. The molecule has 0 bridgehead atoms. The van der Waals surface area contributed by atoms with Crippen LogP contribution in [0.4, 0.5) is 0 Å². The van der Waals surface area contributed by atoms with Gasteiger partial charge in [0.05, 0.1) is 21.9 Å². The highest BCUT2D eigenvalue weighted by Crippen LogP contribution is 2.63. The van der Waals surface area contributed by atoms with Crippen LogP contribution in [0.15, 0.2) is 179 Å². The lowest BCUT2D eigenvalue weighted by atomic mass is 9.68. The van der Waals surface area contributed by atoms with E-state index in [0.717, 1.165) is 60.3 Å². The number of amidine groups is 1. The van der Waals surface area contributed by atoms with Crippen LogP contribution in [0.2, 0.25) is 0 Å². The van der Waals surface area contributed by atoms with Crippen LogP contribution in [-0.4, -0.2) is 16.3 Å². The van der Waals surface area contributed by atoms with Crippen LogP contribution in [0.1, 0.15) is 71.5 Å². The Morgan fingerprint density at radius 3 is 2.30 bits per heavy atom. The summed E-state index contributed by atoms with van der Waals surface area (Å²) in [7, 11) is 0. The Hall–Kier alpha value is -5.49. The Kier molecular flexibility index (Phi) is 8.23. The van der Waals surface area contributed by atoms with E-state index >= 15 is 0 Å². The van der Waals surface area contributed by atoms with Crippen LogP contribution >= 0.6 is 11.8 Å². The summed E-state index contributed by atoms with van der Waals surface area (Å²) in [5.74, 6) is 1.04. The lowest BCUT2D eigenvalue weighted by molar-refractivity contribution is 0.685. The lowest BCUT2D eigenvalue weighted by Gasteiger charge is -2.34. The Morgan fingerprint density at radius 1 is 0.796 bits per heavy atom. The summed E-state index contributed by atoms with van der Waals surface area (Å²) in [5.41, 5.74) is 22.9. The zero-order valence-electron chi connectivity index (χ0n) is 30.1. The summed E-state index contributed by atoms with van der Waals surface area (Å²) < 4.78 is 0. The molecule has 0 fully saturated rings. The average molecular weight is 719 g/mol. The Labute approximate surface area is 321 Å². The van der Waals surface area contributed by atoms with Gasteiger partial charge in [-0.15, -0.1) is 0 Å². The molecule has 264 valence electrons. The third kappa shape index (κ3) is 5.32. The molecule has 6 aliphatic rings. The third-order valence-electron chi connectivity index (χ3n) is 11.9. The number of allylic oxidation sites excluding steroid dienone is 9. The number of rotatable bonds is 6. The third-order valence-corrected chi connectivity index (χ3v) is 12.9. The molecular formula is C49H42N4S. The standard InChI is InChI=1S/C49H42N4S/c50-46(32-13-3-1-4-14-32)54-47(51)33-25-23-31(24-26-33)44-30-45(53-48(52-44)34-15-5-2-6-16-34)35-27-28-39-38-19-9-12-22-42(38)49(43(39)29-35)40-20-10-7-17-36(40)37-18-8-11-21-41(37)49/h2-3,5-11,13-21,23,25-31,45,47,50H,1,4,12,22,24,51H2,(H,52,53). The van der Waals surface area contributed by atoms with Crippen molar-refractivity contribution in [2.24, 2.45) is 16.6 Å². The van der Waals surface area contributed by atoms with Gasteiger partial charge >= 0.3 is 0 Å². The van der Waals surface area contributed by atoms with Gasteiger partial charge < -0.3 is 11.1 Å². The van der Waals surface area contributed by atoms with Crippen LogP contribution in [0.5, 0.6) is 0 Å². The van der Waals surface area contributed by atoms with Crippen molar-refractivity contribution in [2.75, 3.05) is 0 Å².